The van der Waals surface area contributed by atoms with Gasteiger partial charge in [0.25, 0.3) is 0 Å². The summed E-state index contributed by atoms with van der Waals surface area (Å²) < 4.78 is 24.1. The van der Waals surface area contributed by atoms with Crippen LogP contribution in [0.3, 0.4) is 0 Å². The number of sulfone groups is 1. The van der Waals surface area contributed by atoms with Gasteiger partial charge in [-0.1, -0.05) is 12.1 Å². The summed E-state index contributed by atoms with van der Waals surface area (Å²) in [6, 6.07) is 9.45. The second-order valence-corrected chi connectivity index (χ2v) is 6.78. The van der Waals surface area contributed by atoms with Crippen LogP contribution in [0.5, 0.6) is 11.5 Å². The van der Waals surface area contributed by atoms with E-state index in [2.05, 4.69) is 0 Å². The van der Waals surface area contributed by atoms with E-state index in [1.165, 1.54) is 24.3 Å². The van der Waals surface area contributed by atoms with Crippen LogP contribution in [-0.2, 0) is 21.3 Å². The van der Waals surface area contributed by atoms with Crippen LogP contribution in [0.25, 0.3) is 11.1 Å². The van der Waals surface area contributed by atoms with Crippen molar-refractivity contribution in [3.05, 3.63) is 47.5 Å². The first kappa shape index (κ1) is 12.0. The lowest BCUT2D eigenvalue weighted by atomic mass is 9.96. The van der Waals surface area contributed by atoms with Crippen molar-refractivity contribution in [3.63, 3.8) is 0 Å². The molecule has 1 aliphatic rings. The zero-order valence-corrected chi connectivity index (χ0v) is 10.8. The smallest absolute Gasteiger partial charge is 0.158 e. The highest BCUT2D eigenvalue weighted by molar-refractivity contribution is 7.89. The van der Waals surface area contributed by atoms with E-state index in [1.807, 2.05) is 0 Å². The molecule has 0 unspecified atom stereocenters. The van der Waals surface area contributed by atoms with Crippen LogP contribution in [0.4, 0.5) is 0 Å². The van der Waals surface area contributed by atoms with Crippen molar-refractivity contribution in [2.45, 2.75) is 11.5 Å². The number of hydrogen-bond acceptors (Lipinski definition) is 4. The maximum atomic E-state index is 12.1. The van der Waals surface area contributed by atoms with Gasteiger partial charge in [0, 0.05) is 0 Å². The molecule has 2 N–H and O–H groups in total. The third-order valence-corrected chi connectivity index (χ3v) is 4.72. The van der Waals surface area contributed by atoms with Crippen LogP contribution in [0, 0.1) is 0 Å². The van der Waals surface area contributed by atoms with Crippen LogP contribution >= 0.6 is 0 Å². The summed E-state index contributed by atoms with van der Waals surface area (Å²) >= 11 is 0. The molecule has 4 nitrogen and oxygen atoms in total. The van der Waals surface area contributed by atoms with E-state index in [0.29, 0.717) is 11.1 Å². The molecular formula is C14H12O4S. The number of phenolic OH excluding ortho intramolecular Hbond substituents is 2. The van der Waals surface area contributed by atoms with E-state index in [9.17, 15) is 18.6 Å². The molecule has 98 valence electrons. The van der Waals surface area contributed by atoms with E-state index in [1.54, 1.807) is 12.1 Å². The molecular weight excluding hydrogens is 264 g/mol. The van der Waals surface area contributed by atoms with Crippen molar-refractivity contribution < 1.29 is 18.6 Å². The van der Waals surface area contributed by atoms with E-state index in [0.717, 1.165) is 11.1 Å². The van der Waals surface area contributed by atoms with E-state index in [-0.39, 0.29) is 23.0 Å². The predicted octanol–water partition coefficient (Wildman–Crippen LogP) is 2.19. The van der Waals surface area contributed by atoms with Crippen LogP contribution < -0.4 is 0 Å². The van der Waals surface area contributed by atoms with Gasteiger partial charge in [-0.05, 0) is 46.5 Å². The van der Waals surface area contributed by atoms with Crippen molar-refractivity contribution in [1.82, 2.24) is 0 Å². The van der Waals surface area contributed by atoms with Crippen molar-refractivity contribution in [2.75, 3.05) is 0 Å². The number of rotatable bonds is 0. The van der Waals surface area contributed by atoms with Gasteiger partial charge in [0.2, 0.25) is 0 Å². The van der Waals surface area contributed by atoms with Gasteiger partial charge >= 0.3 is 0 Å². The second kappa shape index (κ2) is 3.99. The maximum Gasteiger partial charge on any atom is 0.158 e. The van der Waals surface area contributed by atoms with Crippen molar-refractivity contribution >= 4 is 9.84 Å². The molecule has 2 aromatic rings. The van der Waals surface area contributed by atoms with E-state index in [4.69, 9.17) is 0 Å². The molecule has 2 aromatic carbocycles. The summed E-state index contributed by atoms with van der Waals surface area (Å²) in [5, 5.41) is 19.0. The lowest BCUT2D eigenvalue weighted by Crippen LogP contribution is -2.05. The standard InChI is InChI=1S/C14H12O4S/c15-11-1-3-13-9(5-11)7-19(17,18)8-10-6-12(16)2-4-14(10)13/h1-6,15-16H,7-8H2. The average molecular weight is 276 g/mol. The largest absolute Gasteiger partial charge is 0.508 e. The summed E-state index contributed by atoms with van der Waals surface area (Å²) in [7, 11) is -3.30. The molecule has 1 heterocycles. The van der Waals surface area contributed by atoms with Crippen LogP contribution in [-0.4, -0.2) is 18.6 Å². The number of aromatic hydroxyl groups is 2. The Morgan fingerprint density at radius 1 is 0.789 bits per heavy atom. The molecule has 0 radical (unpaired) electrons. The first-order valence-electron chi connectivity index (χ1n) is 5.79. The summed E-state index contributed by atoms with van der Waals surface area (Å²) in [5.41, 5.74) is 2.75. The Morgan fingerprint density at radius 2 is 1.21 bits per heavy atom. The van der Waals surface area contributed by atoms with Gasteiger partial charge in [0.15, 0.2) is 9.84 Å². The van der Waals surface area contributed by atoms with Crippen molar-refractivity contribution in [1.29, 1.82) is 0 Å². The molecule has 19 heavy (non-hydrogen) atoms. The van der Waals surface area contributed by atoms with Crippen LogP contribution in [0.2, 0.25) is 0 Å². The minimum Gasteiger partial charge on any atom is -0.508 e. The van der Waals surface area contributed by atoms with Gasteiger partial charge < -0.3 is 10.2 Å². The summed E-state index contributed by atoms with van der Waals surface area (Å²) in [6.45, 7) is 0. The molecule has 0 bridgehead atoms. The number of phenols is 2. The van der Waals surface area contributed by atoms with Gasteiger partial charge in [0.1, 0.15) is 11.5 Å². The number of benzene rings is 2. The topological polar surface area (TPSA) is 74.6 Å². The number of hydrogen-bond donors (Lipinski definition) is 2. The minimum absolute atomic E-state index is 0.0520. The quantitative estimate of drug-likeness (QED) is 0.773. The lowest BCUT2D eigenvalue weighted by Gasteiger charge is -2.09. The normalized spacial score (nSPS) is 16.2. The molecule has 0 fully saturated rings. The Morgan fingerprint density at radius 3 is 1.63 bits per heavy atom. The van der Waals surface area contributed by atoms with Gasteiger partial charge in [-0.25, -0.2) is 8.42 Å². The molecule has 0 spiro atoms. The molecule has 0 atom stereocenters. The molecule has 0 saturated carbocycles. The Bertz CT molecular complexity index is 704. The van der Waals surface area contributed by atoms with Crippen LogP contribution in [0.1, 0.15) is 11.1 Å². The molecule has 5 heteroatoms. The Kier molecular flexibility index (Phi) is 2.53. The average Bonchev–Trinajstić information content (AvgIpc) is 2.39. The molecule has 3 rings (SSSR count). The molecule has 1 aliphatic heterocycles. The fourth-order valence-corrected chi connectivity index (χ4v) is 3.98. The Labute approximate surface area is 110 Å². The van der Waals surface area contributed by atoms with Crippen molar-refractivity contribution in [3.8, 4) is 22.6 Å². The number of fused-ring (bicyclic) bond motifs is 3. The SMILES string of the molecule is O=S1(=O)Cc2cc(O)ccc2-c2ccc(O)cc2C1. The summed E-state index contributed by atoms with van der Waals surface area (Å²) in [4.78, 5) is 0. The molecule has 0 saturated heterocycles. The molecule has 0 amide bonds. The zero-order valence-electron chi connectivity index (χ0n) is 10.00. The second-order valence-electron chi connectivity index (χ2n) is 4.72. The van der Waals surface area contributed by atoms with Gasteiger partial charge in [0.05, 0.1) is 11.5 Å². The summed E-state index contributed by atoms with van der Waals surface area (Å²) in [5.74, 6) is -0.106. The van der Waals surface area contributed by atoms with E-state index < -0.39 is 9.84 Å². The van der Waals surface area contributed by atoms with Gasteiger partial charge in [-0.2, -0.15) is 0 Å². The Balaban J connectivity index is 2.34. The predicted molar refractivity (Wildman–Crippen MR) is 71.5 cm³/mol. The summed E-state index contributed by atoms with van der Waals surface area (Å²) in [6.07, 6.45) is 0. The minimum atomic E-state index is -3.30. The highest BCUT2D eigenvalue weighted by Crippen LogP contribution is 2.36. The third kappa shape index (κ3) is 2.17. The Hall–Kier alpha value is -2.01. The molecule has 0 aromatic heterocycles. The third-order valence-electron chi connectivity index (χ3n) is 3.22. The first-order chi connectivity index (χ1) is 8.94. The van der Waals surface area contributed by atoms with Gasteiger partial charge in [-0.3, -0.25) is 0 Å². The lowest BCUT2D eigenvalue weighted by molar-refractivity contribution is 0.474. The van der Waals surface area contributed by atoms with Crippen molar-refractivity contribution in [2.24, 2.45) is 0 Å². The molecule has 0 aliphatic carbocycles. The fraction of sp³-hybridized carbons (Fsp3) is 0.143. The monoisotopic (exact) mass is 276 g/mol. The first-order valence-corrected chi connectivity index (χ1v) is 7.61. The van der Waals surface area contributed by atoms with E-state index >= 15 is 0 Å². The van der Waals surface area contributed by atoms with Crippen LogP contribution in [0.15, 0.2) is 36.4 Å². The highest BCUT2D eigenvalue weighted by atomic mass is 32.2. The van der Waals surface area contributed by atoms with Gasteiger partial charge in [-0.15, -0.1) is 0 Å². The highest BCUT2D eigenvalue weighted by Gasteiger charge is 2.24. The fourth-order valence-electron chi connectivity index (χ4n) is 2.45. The maximum absolute atomic E-state index is 12.1. The zero-order chi connectivity index (χ0) is 13.6.